The standard InChI is InChI=1S/C4H5F4N/c5-3(2-9)1-4(6,7)8/h1H,2,9H2/b3-1+. The van der Waals surface area contributed by atoms with Crippen LogP contribution in [-0.2, 0) is 0 Å². The van der Waals surface area contributed by atoms with E-state index in [1.54, 1.807) is 0 Å². The Hall–Kier alpha value is -0.580. The maximum Gasteiger partial charge on any atom is 0.412 e. The molecule has 0 aliphatic carbocycles. The lowest BCUT2D eigenvalue weighted by Crippen LogP contribution is -2.07. The Bertz CT molecular complexity index is 114. The Balaban J connectivity index is 3.95. The molecule has 0 unspecified atom stereocenters. The number of hydrogen-bond acceptors (Lipinski definition) is 1. The molecule has 54 valence electrons. The predicted octanol–water partition coefficient (Wildman–Crippen LogP) is 1.36. The van der Waals surface area contributed by atoms with Gasteiger partial charge in [-0.2, -0.15) is 13.2 Å². The summed E-state index contributed by atoms with van der Waals surface area (Å²) in [5.41, 5.74) is 4.54. The highest BCUT2D eigenvalue weighted by molar-refractivity contribution is 4.97. The average molecular weight is 143 g/mol. The minimum absolute atomic E-state index is 0.465. The van der Waals surface area contributed by atoms with Crippen molar-refractivity contribution in [2.45, 2.75) is 6.18 Å². The van der Waals surface area contributed by atoms with Crippen LogP contribution in [0.25, 0.3) is 0 Å². The molecule has 0 aromatic heterocycles. The second-order valence-corrected chi connectivity index (χ2v) is 1.34. The summed E-state index contributed by atoms with van der Waals surface area (Å²) in [5, 5.41) is 0. The first kappa shape index (κ1) is 8.42. The number of hydrogen-bond donors (Lipinski definition) is 1. The molecule has 5 heteroatoms. The fourth-order valence-electron chi connectivity index (χ4n) is 0.237. The molecule has 0 heterocycles. The molecule has 0 aliphatic rings. The monoisotopic (exact) mass is 143 g/mol. The fraction of sp³-hybridized carbons (Fsp3) is 0.500. The fourth-order valence-corrected chi connectivity index (χ4v) is 0.237. The lowest BCUT2D eigenvalue weighted by atomic mass is 10.4. The van der Waals surface area contributed by atoms with Crippen LogP contribution in [0, 0.1) is 0 Å². The van der Waals surface area contributed by atoms with Crippen LogP contribution in [0.3, 0.4) is 0 Å². The third-order valence-corrected chi connectivity index (χ3v) is 0.515. The smallest absolute Gasteiger partial charge is 0.325 e. The van der Waals surface area contributed by atoms with Crippen molar-refractivity contribution in [1.82, 2.24) is 0 Å². The van der Waals surface area contributed by atoms with E-state index >= 15 is 0 Å². The lowest BCUT2D eigenvalue weighted by Gasteiger charge is -1.97. The van der Waals surface area contributed by atoms with E-state index in [0.29, 0.717) is 0 Å². The van der Waals surface area contributed by atoms with Crippen LogP contribution in [-0.4, -0.2) is 12.7 Å². The van der Waals surface area contributed by atoms with Crippen LogP contribution in [0.4, 0.5) is 17.6 Å². The molecule has 2 N–H and O–H groups in total. The maximum atomic E-state index is 11.6. The number of allylic oxidation sites excluding steroid dienone is 1. The van der Waals surface area contributed by atoms with E-state index in [1.807, 2.05) is 0 Å². The van der Waals surface area contributed by atoms with Gasteiger partial charge >= 0.3 is 6.18 Å². The van der Waals surface area contributed by atoms with Gasteiger partial charge < -0.3 is 5.73 Å². The Labute approximate surface area is 49.1 Å². The first-order valence-corrected chi connectivity index (χ1v) is 2.10. The summed E-state index contributed by atoms with van der Waals surface area (Å²) in [7, 11) is 0. The van der Waals surface area contributed by atoms with Crippen LogP contribution in [0.2, 0.25) is 0 Å². The summed E-state index contributed by atoms with van der Waals surface area (Å²) in [6.07, 6.45) is -5.06. The van der Waals surface area contributed by atoms with Crippen LogP contribution < -0.4 is 5.73 Å². The van der Waals surface area contributed by atoms with Crippen molar-refractivity contribution in [2.24, 2.45) is 5.73 Å². The number of nitrogens with two attached hydrogens (primary N) is 1. The molecule has 0 rings (SSSR count). The van der Waals surface area contributed by atoms with E-state index in [2.05, 4.69) is 5.73 Å². The van der Waals surface area contributed by atoms with Crippen LogP contribution in [0.15, 0.2) is 11.9 Å². The first-order chi connectivity index (χ1) is 3.95. The van der Waals surface area contributed by atoms with Gasteiger partial charge in [0.1, 0.15) is 5.83 Å². The molecule has 0 fully saturated rings. The summed E-state index contributed by atoms with van der Waals surface area (Å²) in [6.45, 7) is -0.709. The quantitative estimate of drug-likeness (QED) is 0.551. The van der Waals surface area contributed by atoms with Gasteiger partial charge in [-0.1, -0.05) is 0 Å². The minimum atomic E-state index is -4.59. The SMILES string of the molecule is NC/C(F)=C\C(F)(F)F. The van der Waals surface area contributed by atoms with Crippen molar-refractivity contribution in [3.05, 3.63) is 11.9 Å². The van der Waals surface area contributed by atoms with E-state index in [4.69, 9.17) is 0 Å². The van der Waals surface area contributed by atoms with E-state index in [-0.39, 0.29) is 0 Å². The molecule has 0 saturated carbocycles. The summed E-state index contributed by atoms with van der Waals surface area (Å²) in [4.78, 5) is 0. The summed E-state index contributed by atoms with van der Waals surface area (Å²) in [5.74, 6) is -1.36. The highest BCUT2D eigenvalue weighted by atomic mass is 19.4. The average Bonchev–Trinajstić information content (AvgIpc) is 1.62. The first-order valence-electron chi connectivity index (χ1n) is 2.10. The number of alkyl halides is 3. The zero-order valence-electron chi connectivity index (χ0n) is 4.37. The van der Waals surface area contributed by atoms with Crippen LogP contribution in [0.1, 0.15) is 0 Å². The van der Waals surface area contributed by atoms with Crippen LogP contribution >= 0.6 is 0 Å². The summed E-state index contributed by atoms with van der Waals surface area (Å²) in [6, 6.07) is 0. The van der Waals surface area contributed by atoms with Crippen molar-refractivity contribution >= 4 is 0 Å². The van der Waals surface area contributed by atoms with Gasteiger partial charge in [0, 0.05) is 6.54 Å². The molecular weight excluding hydrogens is 138 g/mol. The molecule has 0 aromatic rings. The van der Waals surface area contributed by atoms with Crippen LogP contribution in [0.5, 0.6) is 0 Å². The maximum absolute atomic E-state index is 11.6. The molecule has 0 spiro atoms. The molecule has 1 nitrogen and oxygen atoms in total. The lowest BCUT2D eigenvalue weighted by molar-refractivity contribution is -0.0814. The van der Waals surface area contributed by atoms with Gasteiger partial charge in [-0.15, -0.1) is 0 Å². The topological polar surface area (TPSA) is 26.0 Å². The molecule has 0 amide bonds. The molecule has 0 aromatic carbocycles. The zero-order chi connectivity index (χ0) is 7.49. The van der Waals surface area contributed by atoms with E-state index in [1.165, 1.54) is 0 Å². The Morgan fingerprint density at radius 2 is 1.89 bits per heavy atom. The minimum Gasteiger partial charge on any atom is -0.325 e. The largest absolute Gasteiger partial charge is 0.412 e. The van der Waals surface area contributed by atoms with Crippen molar-refractivity contribution in [3.8, 4) is 0 Å². The molecule has 9 heavy (non-hydrogen) atoms. The third kappa shape index (κ3) is 5.29. The second-order valence-electron chi connectivity index (χ2n) is 1.34. The number of halogens is 4. The van der Waals surface area contributed by atoms with Gasteiger partial charge in [0.05, 0.1) is 6.08 Å². The highest BCUT2D eigenvalue weighted by Gasteiger charge is 2.24. The zero-order valence-corrected chi connectivity index (χ0v) is 4.37. The molecule has 0 saturated heterocycles. The molecule has 0 aliphatic heterocycles. The van der Waals surface area contributed by atoms with Gasteiger partial charge in [-0.05, 0) is 0 Å². The van der Waals surface area contributed by atoms with Gasteiger partial charge in [0.15, 0.2) is 0 Å². The molecular formula is C4H5F4N. The molecule has 0 atom stereocenters. The van der Waals surface area contributed by atoms with Crippen molar-refractivity contribution in [1.29, 1.82) is 0 Å². The van der Waals surface area contributed by atoms with Gasteiger partial charge in [-0.25, -0.2) is 4.39 Å². The Morgan fingerprint density at radius 3 is 2.00 bits per heavy atom. The Kier molecular flexibility index (Phi) is 2.64. The predicted molar refractivity (Wildman–Crippen MR) is 24.3 cm³/mol. The van der Waals surface area contributed by atoms with Crippen molar-refractivity contribution in [2.75, 3.05) is 6.54 Å². The molecule has 0 bridgehead atoms. The molecule has 0 radical (unpaired) electrons. The van der Waals surface area contributed by atoms with E-state index in [9.17, 15) is 17.6 Å². The number of rotatable bonds is 1. The van der Waals surface area contributed by atoms with Gasteiger partial charge in [0.25, 0.3) is 0 Å². The van der Waals surface area contributed by atoms with Crippen molar-refractivity contribution < 1.29 is 17.6 Å². The second kappa shape index (κ2) is 2.82. The summed E-state index contributed by atoms with van der Waals surface area (Å²) >= 11 is 0. The van der Waals surface area contributed by atoms with E-state index < -0.39 is 24.6 Å². The normalized spacial score (nSPS) is 14.1. The summed E-state index contributed by atoms with van der Waals surface area (Å²) < 4.78 is 45.0. The van der Waals surface area contributed by atoms with Gasteiger partial charge in [-0.3, -0.25) is 0 Å². The van der Waals surface area contributed by atoms with Gasteiger partial charge in [0.2, 0.25) is 0 Å². The third-order valence-electron chi connectivity index (χ3n) is 0.515. The Morgan fingerprint density at radius 1 is 1.44 bits per heavy atom. The highest BCUT2D eigenvalue weighted by Crippen LogP contribution is 2.18. The van der Waals surface area contributed by atoms with Crippen molar-refractivity contribution in [3.63, 3.8) is 0 Å². The van der Waals surface area contributed by atoms with E-state index in [0.717, 1.165) is 0 Å².